The van der Waals surface area contributed by atoms with Crippen LogP contribution in [0.25, 0.3) is 6.08 Å². The van der Waals surface area contributed by atoms with Gasteiger partial charge in [-0.1, -0.05) is 66.7 Å². The third-order valence-corrected chi connectivity index (χ3v) is 7.99. The third kappa shape index (κ3) is 8.86. The molecule has 0 fully saturated rings. The van der Waals surface area contributed by atoms with E-state index in [-0.39, 0.29) is 13.0 Å². The van der Waals surface area contributed by atoms with Gasteiger partial charge in [-0.05, 0) is 53.8 Å². The minimum atomic E-state index is -3.96. The van der Waals surface area contributed by atoms with Crippen molar-refractivity contribution < 1.29 is 27.5 Å². The van der Waals surface area contributed by atoms with Crippen molar-refractivity contribution in [2.75, 3.05) is 26.0 Å². The van der Waals surface area contributed by atoms with Crippen molar-refractivity contribution in [3.05, 3.63) is 106 Å². The van der Waals surface area contributed by atoms with E-state index in [4.69, 9.17) is 4.74 Å². The Morgan fingerprint density at radius 2 is 1.61 bits per heavy atom. The molecule has 41 heavy (non-hydrogen) atoms. The van der Waals surface area contributed by atoms with Gasteiger partial charge in [-0.25, -0.2) is 8.42 Å². The number of anilines is 1. The number of fused-ring (bicyclic) bond motifs is 1. The van der Waals surface area contributed by atoms with Crippen LogP contribution in [0.15, 0.2) is 78.2 Å². The van der Waals surface area contributed by atoms with Gasteiger partial charge in [0.1, 0.15) is 6.04 Å². The molecule has 0 aliphatic carbocycles. The zero-order valence-electron chi connectivity index (χ0n) is 23.6. The lowest BCUT2D eigenvalue weighted by Crippen LogP contribution is -2.49. The second-order valence-corrected chi connectivity index (χ2v) is 11.5. The van der Waals surface area contributed by atoms with Gasteiger partial charge in [0.25, 0.3) is 5.91 Å². The van der Waals surface area contributed by atoms with Crippen LogP contribution < -0.4 is 5.32 Å². The molecular formula is C31H35N3O6S. The number of amides is 2. The van der Waals surface area contributed by atoms with Gasteiger partial charge in [0, 0.05) is 38.2 Å². The number of nitrogens with one attached hydrogen (secondary N) is 1. The Labute approximate surface area is 241 Å². The van der Waals surface area contributed by atoms with Crippen LogP contribution >= 0.6 is 0 Å². The number of hydrogen-bond acceptors (Lipinski definition) is 6. The van der Waals surface area contributed by atoms with E-state index in [1.165, 1.54) is 11.0 Å². The van der Waals surface area contributed by atoms with E-state index in [2.05, 4.69) is 5.32 Å². The average molecular weight is 578 g/mol. The van der Waals surface area contributed by atoms with Crippen molar-refractivity contribution in [1.82, 2.24) is 9.21 Å². The van der Waals surface area contributed by atoms with Crippen molar-refractivity contribution >= 4 is 40.1 Å². The molecule has 1 heterocycles. The molecule has 10 heteroatoms. The van der Waals surface area contributed by atoms with Crippen LogP contribution in [0.4, 0.5) is 5.69 Å². The molecule has 1 atom stereocenters. The van der Waals surface area contributed by atoms with E-state index in [0.717, 1.165) is 43.9 Å². The molecule has 0 spiro atoms. The Hall–Kier alpha value is -4.28. The molecule has 1 aliphatic rings. The number of nitrogens with zero attached hydrogens (tertiary/aromatic N) is 2. The summed E-state index contributed by atoms with van der Waals surface area (Å²) in [5, 5.41) is 3.85. The first kappa shape index (κ1) is 31.3. The number of ether oxygens (including phenoxy) is 1. The molecule has 216 valence electrons. The summed E-state index contributed by atoms with van der Waals surface area (Å²) < 4.78 is 33.0. The summed E-state index contributed by atoms with van der Waals surface area (Å²) in [7, 11) is -0.590. The Kier molecular flexibility index (Phi) is 11.0. The van der Waals surface area contributed by atoms with Crippen LogP contribution in [0.3, 0.4) is 0 Å². The summed E-state index contributed by atoms with van der Waals surface area (Å²) in [6.07, 6.45) is 2.40. The quantitative estimate of drug-likeness (QED) is 0.321. The highest BCUT2D eigenvalue weighted by molar-refractivity contribution is 7.92. The SMILES string of the molecule is CN(C)C=O.Cc1cccc(NC(=O)COC(=O)C2Cc3ccccc3CN2S(=O)(=O)/C=C/c2ccccc2)c1C. The zero-order valence-corrected chi connectivity index (χ0v) is 24.4. The van der Waals surface area contributed by atoms with E-state index < -0.39 is 34.5 Å². The largest absolute Gasteiger partial charge is 0.454 e. The Balaban J connectivity index is 0.000000850. The maximum atomic E-state index is 13.3. The highest BCUT2D eigenvalue weighted by atomic mass is 32.2. The number of esters is 1. The van der Waals surface area contributed by atoms with Gasteiger partial charge in [-0.2, -0.15) is 4.31 Å². The number of carbonyl (C=O) groups is 3. The fourth-order valence-electron chi connectivity index (χ4n) is 4.08. The predicted molar refractivity (Wildman–Crippen MR) is 159 cm³/mol. The number of aryl methyl sites for hydroxylation is 1. The van der Waals surface area contributed by atoms with E-state index in [1.807, 2.05) is 68.4 Å². The third-order valence-electron chi connectivity index (χ3n) is 6.47. The highest BCUT2D eigenvalue weighted by Crippen LogP contribution is 2.27. The fraction of sp³-hybridized carbons (Fsp3) is 0.258. The smallest absolute Gasteiger partial charge is 0.325 e. The zero-order chi connectivity index (χ0) is 30.0. The minimum Gasteiger partial charge on any atom is -0.454 e. The summed E-state index contributed by atoms with van der Waals surface area (Å²) in [4.78, 5) is 36.4. The number of benzene rings is 3. The normalized spacial score (nSPS) is 14.8. The Bertz CT molecular complexity index is 1500. The molecule has 0 saturated heterocycles. The molecule has 1 unspecified atom stereocenters. The Morgan fingerprint density at radius 3 is 2.27 bits per heavy atom. The Morgan fingerprint density at radius 1 is 0.976 bits per heavy atom. The maximum absolute atomic E-state index is 13.3. The standard InChI is InChI=1S/C28H28N2O5S.C3H7NO/c1-20-9-8-14-25(21(20)2)29-27(31)19-35-28(32)26-17-23-12-6-7-13-24(23)18-30(26)36(33,34)16-15-22-10-4-3-5-11-22;1-4(2)3-5/h3-16,26H,17-19H2,1-2H3,(H,29,31);3H,1-2H3/b16-15+;. The second kappa shape index (κ2) is 14.4. The van der Waals surface area contributed by atoms with Gasteiger partial charge < -0.3 is 15.0 Å². The molecule has 2 amide bonds. The van der Waals surface area contributed by atoms with E-state index in [0.29, 0.717) is 5.69 Å². The monoisotopic (exact) mass is 577 g/mol. The van der Waals surface area contributed by atoms with Crippen molar-refractivity contribution in [3.8, 4) is 0 Å². The van der Waals surface area contributed by atoms with Gasteiger partial charge in [-0.3, -0.25) is 14.4 Å². The predicted octanol–water partition coefficient (Wildman–Crippen LogP) is 3.92. The van der Waals surface area contributed by atoms with Gasteiger partial charge in [0.15, 0.2) is 6.61 Å². The molecule has 0 radical (unpaired) electrons. The number of sulfonamides is 1. The first-order valence-electron chi connectivity index (χ1n) is 13.0. The number of rotatable bonds is 8. The van der Waals surface area contributed by atoms with Crippen LogP contribution in [0.5, 0.6) is 0 Å². The van der Waals surface area contributed by atoms with Crippen molar-refractivity contribution in [2.45, 2.75) is 32.9 Å². The van der Waals surface area contributed by atoms with Crippen molar-refractivity contribution in [3.63, 3.8) is 0 Å². The lowest BCUT2D eigenvalue weighted by Gasteiger charge is -2.33. The number of carbonyl (C=O) groups excluding carboxylic acids is 3. The van der Waals surface area contributed by atoms with Crippen LogP contribution in [-0.4, -0.2) is 62.7 Å². The first-order valence-corrected chi connectivity index (χ1v) is 14.5. The lowest BCUT2D eigenvalue weighted by molar-refractivity contribution is -0.151. The van der Waals surface area contributed by atoms with Crippen LogP contribution in [-0.2, 0) is 42.1 Å². The minimum absolute atomic E-state index is 0.0338. The summed E-state index contributed by atoms with van der Waals surface area (Å²) >= 11 is 0. The lowest BCUT2D eigenvalue weighted by atomic mass is 9.96. The summed E-state index contributed by atoms with van der Waals surface area (Å²) in [6, 6.07) is 20.9. The molecule has 0 aromatic heterocycles. The van der Waals surface area contributed by atoms with E-state index >= 15 is 0 Å². The van der Waals surface area contributed by atoms with Crippen LogP contribution in [0.2, 0.25) is 0 Å². The maximum Gasteiger partial charge on any atom is 0.325 e. The summed E-state index contributed by atoms with van der Waals surface area (Å²) in [6.45, 7) is 3.35. The second-order valence-electron chi connectivity index (χ2n) is 9.76. The van der Waals surface area contributed by atoms with Gasteiger partial charge >= 0.3 is 5.97 Å². The van der Waals surface area contributed by atoms with Crippen molar-refractivity contribution in [2.24, 2.45) is 0 Å². The molecule has 3 aromatic carbocycles. The summed E-state index contributed by atoms with van der Waals surface area (Å²) in [5.41, 5.74) is 5.00. The average Bonchev–Trinajstić information content (AvgIpc) is 2.97. The molecule has 0 bridgehead atoms. The molecule has 3 aromatic rings. The first-order chi connectivity index (χ1) is 19.5. The number of hydrogen-bond donors (Lipinski definition) is 1. The van der Waals surface area contributed by atoms with Gasteiger partial charge in [-0.15, -0.1) is 0 Å². The molecular weight excluding hydrogens is 542 g/mol. The van der Waals surface area contributed by atoms with Crippen LogP contribution in [0.1, 0.15) is 27.8 Å². The topological polar surface area (TPSA) is 113 Å². The van der Waals surface area contributed by atoms with E-state index in [1.54, 1.807) is 32.3 Å². The van der Waals surface area contributed by atoms with Gasteiger partial charge in [0.2, 0.25) is 16.4 Å². The molecule has 1 N–H and O–H groups in total. The van der Waals surface area contributed by atoms with Crippen LogP contribution in [0, 0.1) is 13.8 Å². The summed E-state index contributed by atoms with van der Waals surface area (Å²) in [5.74, 6) is -1.26. The van der Waals surface area contributed by atoms with E-state index in [9.17, 15) is 22.8 Å². The van der Waals surface area contributed by atoms with Gasteiger partial charge in [0.05, 0.1) is 0 Å². The molecule has 4 rings (SSSR count). The molecule has 0 saturated carbocycles. The highest BCUT2D eigenvalue weighted by Gasteiger charge is 2.39. The fourth-order valence-corrected chi connectivity index (χ4v) is 5.40. The molecule has 1 aliphatic heterocycles. The molecule has 9 nitrogen and oxygen atoms in total. The van der Waals surface area contributed by atoms with Crippen molar-refractivity contribution in [1.29, 1.82) is 0 Å².